The molecule has 0 aliphatic rings. The van der Waals surface area contributed by atoms with Crippen LogP contribution in [0.15, 0.2) is 24.3 Å². The molecule has 1 rings (SSSR count). The highest BCUT2D eigenvalue weighted by Gasteiger charge is 2.01. The molecule has 0 atom stereocenters. The van der Waals surface area contributed by atoms with E-state index in [2.05, 4.69) is 5.32 Å². The third-order valence-corrected chi connectivity index (χ3v) is 1.79. The Morgan fingerprint density at radius 3 is 3.00 bits per heavy atom. The van der Waals surface area contributed by atoms with Gasteiger partial charge in [-0.3, -0.25) is 4.79 Å². The summed E-state index contributed by atoms with van der Waals surface area (Å²) in [5, 5.41) is 11.0. The van der Waals surface area contributed by atoms with Crippen LogP contribution in [0.4, 0.5) is 0 Å². The second-order valence-electron chi connectivity index (χ2n) is 3.18. The minimum Gasteiger partial charge on any atom is -0.484 e. The van der Waals surface area contributed by atoms with Gasteiger partial charge in [0, 0.05) is 6.54 Å². The molecule has 0 saturated carbocycles. The van der Waals surface area contributed by atoms with Crippen LogP contribution in [0.25, 0.3) is 0 Å². The first-order valence-electron chi connectivity index (χ1n) is 4.79. The summed E-state index contributed by atoms with van der Waals surface area (Å²) in [6, 6.07) is 7.49. The Hall–Kier alpha value is -1.55. The van der Waals surface area contributed by atoms with E-state index >= 15 is 0 Å². The first-order valence-corrected chi connectivity index (χ1v) is 4.79. The minimum atomic E-state index is -0.231. The van der Waals surface area contributed by atoms with Gasteiger partial charge in [-0.2, -0.15) is 0 Å². The summed E-state index contributed by atoms with van der Waals surface area (Å²) < 4.78 is 5.25. The molecule has 4 heteroatoms. The molecule has 82 valence electrons. The van der Waals surface area contributed by atoms with Gasteiger partial charge < -0.3 is 15.2 Å². The SMILES string of the molecule is Cc1cccc(OCC(=O)NCCO)c1. The Morgan fingerprint density at radius 1 is 1.53 bits per heavy atom. The number of rotatable bonds is 5. The van der Waals surface area contributed by atoms with Crippen molar-refractivity contribution in [3.05, 3.63) is 29.8 Å². The normalized spacial score (nSPS) is 9.73. The Kier molecular flexibility index (Phi) is 4.63. The van der Waals surface area contributed by atoms with Crippen molar-refractivity contribution in [2.45, 2.75) is 6.92 Å². The molecule has 0 aliphatic carbocycles. The zero-order valence-corrected chi connectivity index (χ0v) is 8.69. The maximum atomic E-state index is 11.1. The standard InChI is InChI=1S/C11H15NO3/c1-9-3-2-4-10(7-9)15-8-11(14)12-5-6-13/h2-4,7,13H,5-6,8H2,1H3,(H,12,14). The van der Waals surface area contributed by atoms with Gasteiger partial charge in [0.05, 0.1) is 6.61 Å². The third kappa shape index (κ3) is 4.46. The zero-order chi connectivity index (χ0) is 11.1. The van der Waals surface area contributed by atoms with E-state index in [-0.39, 0.29) is 25.7 Å². The summed E-state index contributed by atoms with van der Waals surface area (Å²) >= 11 is 0. The molecule has 15 heavy (non-hydrogen) atoms. The summed E-state index contributed by atoms with van der Waals surface area (Å²) in [5.74, 6) is 0.444. The van der Waals surface area contributed by atoms with Crippen molar-refractivity contribution in [2.75, 3.05) is 19.8 Å². The van der Waals surface area contributed by atoms with E-state index in [1.165, 1.54) is 0 Å². The second kappa shape index (κ2) is 6.03. The number of nitrogens with one attached hydrogen (secondary N) is 1. The number of aliphatic hydroxyl groups excluding tert-OH is 1. The molecule has 1 aromatic carbocycles. The lowest BCUT2D eigenvalue weighted by molar-refractivity contribution is -0.123. The van der Waals surface area contributed by atoms with Crippen LogP contribution >= 0.6 is 0 Å². The van der Waals surface area contributed by atoms with Crippen molar-refractivity contribution < 1.29 is 14.6 Å². The number of aliphatic hydroxyl groups is 1. The van der Waals surface area contributed by atoms with Crippen LogP contribution < -0.4 is 10.1 Å². The molecule has 0 unspecified atom stereocenters. The van der Waals surface area contributed by atoms with Crippen molar-refractivity contribution in [3.8, 4) is 5.75 Å². The van der Waals surface area contributed by atoms with Crippen LogP contribution in [-0.4, -0.2) is 30.8 Å². The smallest absolute Gasteiger partial charge is 0.258 e. The lowest BCUT2D eigenvalue weighted by atomic mass is 10.2. The predicted molar refractivity (Wildman–Crippen MR) is 56.8 cm³/mol. The molecule has 0 fully saturated rings. The number of aryl methyl sites for hydroxylation is 1. The largest absolute Gasteiger partial charge is 0.484 e. The van der Waals surface area contributed by atoms with Crippen LogP contribution in [-0.2, 0) is 4.79 Å². The van der Waals surface area contributed by atoms with Gasteiger partial charge in [-0.25, -0.2) is 0 Å². The number of hydrogen-bond acceptors (Lipinski definition) is 3. The van der Waals surface area contributed by atoms with Gasteiger partial charge in [-0.1, -0.05) is 12.1 Å². The van der Waals surface area contributed by atoms with Crippen LogP contribution in [0.1, 0.15) is 5.56 Å². The zero-order valence-electron chi connectivity index (χ0n) is 8.69. The maximum absolute atomic E-state index is 11.1. The summed E-state index contributed by atoms with van der Waals surface area (Å²) in [4.78, 5) is 11.1. The van der Waals surface area contributed by atoms with Gasteiger partial charge in [0.15, 0.2) is 6.61 Å². The average molecular weight is 209 g/mol. The van der Waals surface area contributed by atoms with Gasteiger partial charge in [-0.15, -0.1) is 0 Å². The van der Waals surface area contributed by atoms with E-state index in [0.29, 0.717) is 5.75 Å². The van der Waals surface area contributed by atoms with E-state index < -0.39 is 0 Å². The molecule has 0 aliphatic heterocycles. The summed E-state index contributed by atoms with van der Waals surface area (Å²) in [7, 11) is 0. The van der Waals surface area contributed by atoms with Crippen LogP contribution in [0.3, 0.4) is 0 Å². The molecule has 4 nitrogen and oxygen atoms in total. The van der Waals surface area contributed by atoms with Gasteiger partial charge in [-0.05, 0) is 24.6 Å². The molecule has 0 heterocycles. The third-order valence-electron chi connectivity index (χ3n) is 1.79. The number of ether oxygens (including phenoxy) is 1. The fourth-order valence-corrected chi connectivity index (χ4v) is 1.10. The molecular formula is C11H15NO3. The number of amides is 1. The number of hydrogen-bond donors (Lipinski definition) is 2. The Bertz CT molecular complexity index is 325. The molecule has 0 radical (unpaired) electrons. The van der Waals surface area contributed by atoms with E-state index in [1.807, 2.05) is 25.1 Å². The van der Waals surface area contributed by atoms with Gasteiger partial charge >= 0.3 is 0 Å². The van der Waals surface area contributed by atoms with Gasteiger partial charge in [0.2, 0.25) is 0 Å². The van der Waals surface area contributed by atoms with Crippen LogP contribution in [0, 0.1) is 6.92 Å². The van der Waals surface area contributed by atoms with Gasteiger partial charge in [0.25, 0.3) is 5.91 Å². The Labute approximate surface area is 88.9 Å². The van der Waals surface area contributed by atoms with Gasteiger partial charge in [0.1, 0.15) is 5.75 Å². The number of carbonyl (C=O) groups is 1. The number of benzene rings is 1. The summed E-state index contributed by atoms with van der Waals surface area (Å²) in [6.45, 7) is 2.13. The second-order valence-corrected chi connectivity index (χ2v) is 3.18. The van der Waals surface area contributed by atoms with E-state index in [9.17, 15) is 4.79 Å². The highest BCUT2D eigenvalue weighted by atomic mass is 16.5. The fraction of sp³-hybridized carbons (Fsp3) is 0.364. The molecule has 2 N–H and O–H groups in total. The summed E-state index contributed by atoms with van der Waals surface area (Å²) in [5.41, 5.74) is 1.09. The average Bonchev–Trinajstić information content (AvgIpc) is 2.23. The molecule has 0 saturated heterocycles. The maximum Gasteiger partial charge on any atom is 0.258 e. The van der Waals surface area contributed by atoms with E-state index in [1.54, 1.807) is 6.07 Å². The lowest BCUT2D eigenvalue weighted by Gasteiger charge is -2.06. The van der Waals surface area contributed by atoms with Crippen molar-refractivity contribution in [1.29, 1.82) is 0 Å². The minimum absolute atomic E-state index is 0.0244. The number of carbonyl (C=O) groups excluding carboxylic acids is 1. The fourth-order valence-electron chi connectivity index (χ4n) is 1.10. The van der Waals surface area contributed by atoms with Crippen molar-refractivity contribution in [1.82, 2.24) is 5.32 Å². The summed E-state index contributed by atoms with van der Waals surface area (Å²) in [6.07, 6.45) is 0. The van der Waals surface area contributed by atoms with Crippen molar-refractivity contribution in [2.24, 2.45) is 0 Å². The molecule has 0 spiro atoms. The molecule has 1 aromatic rings. The van der Waals surface area contributed by atoms with Crippen molar-refractivity contribution >= 4 is 5.91 Å². The van der Waals surface area contributed by atoms with Crippen molar-refractivity contribution in [3.63, 3.8) is 0 Å². The molecule has 0 bridgehead atoms. The van der Waals surface area contributed by atoms with E-state index in [4.69, 9.17) is 9.84 Å². The quantitative estimate of drug-likeness (QED) is 0.741. The molecular weight excluding hydrogens is 194 g/mol. The first-order chi connectivity index (χ1) is 7.22. The molecule has 0 aromatic heterocycles. The lowest BCUT2D eigenvalue weighted by Crippen LogP contribution is -2.31. The highest BCUT2D eigenvalue weighted by molar-refractivity contribution is 5.77. The topological polar surface area (TPSA) is 58.6 Å². The highest BCUT2D eigenvalue weighted by Crippen LogP contribution is 2.11. The Morgan fingerprint density at radius 2 is 2.33 bits per heavy atom. The predicted octanol–water partition coefficient (Wildman–Crippen LogP) is 0.482. The van der Waals surface area contributed by atoms with Crippen LogP contribution in [0.5, 0.6) is 5.75 Å². The van der Waals surface area contributed by atoms with E-state index in [0.717, 1.165) is 5.56 Å². The first kappa shape index (κ1) is 11.5. The Balaban J connectivity index is 2.33. The monoisotopic (exact) mass is 209 g/mol. The molecule has 1 amide bonds. The van der Waals surface area contributed by atoms with Crippen LogP contribution in [0.2, 0.25) is 0 Å².